The summed E-state index contributed by atoms with van der Waals surface area (Å²) in [6.45, 7) is 6.48. The molecule has 2 aromatic rings. The molecule has 2 heterocycles. The summed E-state index contributed by atoms with van der Waals surface area (Å²) in [4.78, 5) is 4.15. The number of imidazole rings is 1. The van der Waals surface area contributed by atoms with Crippen LogP contribution in [0.4, 0.5) is 0 Å². The molecule has 2 rings (SSSR count). The molecule has 0 amide bonds. The van der Waals surface area contributed by atoms with E-state index >= 15 is 0 Å². The largest absolute Gasteiger partial charge is 0.327 e. The zero-order valence-electron chi connectivity index (χ0n) is 12.5. The highest BCUT2D eigenvalue weighted by atomic mass is 35.7. The normalized spacial score (nSPS) is 12.3. The molecule has 0 spiro atoms. The van der Waals surface area contributed by atoms with Gasteiger partial charge in [0.15, 0.2) is 5.03 Å². The Hall–Kier alpha value is -1.34. The molecule has 0 bridgehead atoms. The first-order valence-corrected chi connectivity index (χ1v) is 9.06. The van der Waals surface area contributed by atoms with Crippen molar-refractivity contribution < 1.29 is 8.42 Å². The summed E-state index contributed by atoms with van der Waals surface area (Å²) in [7, 11) is 3.44. The lowest BCUT2D eigenvalue weighted by Gasteiger charge is -2.09. The second kappa shape index (κ2) is 5.81. The summed E-state index contributed by atoms with van der Waals surface area (Å²) in [5.74, 6) is 0.782. The summed E-state index contributed by atoms with van der Waals surface area (Å²) < 4.78 is 26.5. The Morgan fingerprint density at radius 2 is 2.05 bits per heavy atom. The molecule has 2 aromatic heterocycles. The molecule has 0 saturated carbocycles. The molecule has 0 aromatic carbocycles. The quantitative estimate of drug-likeness (QED) is 0.789. The lowest BCUT2D eigenvalue weighted by atomic mass is 10.2. The van der Waals surface area contributed by atoms with Crippen LogP contribution in [-0.4, -0.2) is 27.7 Å². The maximum Gasteiger partial charge on any atom is 0.280 e. The van der Waals surface area contributed by atoms with Crippen LogP contribution in [0.2, 0.25) is 0 Å². The summed E-state index contributed by atoms with van der Waals surface area (Å²) in [6.07, 6.45) is 2.34. The molecule has 21 heavy (non-hydrogen) atoms. The first-order valence-electron chi connectivity index (χ1n) is 6.76. The maximum absolute atomic E-state index is 11.5. The highest BCUT2D eigenvalue weighted by molar-refractivity contribution is 8.13. The molecule has 0 unspecified atom stereocenters. The number of aryl methyl sites for hydroxylation is 2. The van der Waals surface area contributed by atoms with E-state index in [1.165, 1.54) is 6.20 Å². The van der Waals surface area contributed by atoms with Crippen molar-refractivity contribution >= 4 is 19.7 Å². The lowest BCUT2D eigenvalue weighted by Crippen LogP contribution is -2.09. The van der Waals surface area contributed by atoms with Crippen molar-refractivity contribution in [2.45, 2.75) is 44.7 Å². The Balaban J connectivity index is 2.43. The lowest BCUT2D eigenvalue weighted by molar-refractivity contribution is 0.606. The summed E-state index contributed by atoms with van der Waals surface area (Å²) >= 11 is 0. The minimum atomic E-state index is -3.82. The van der Waals surface area contributed by atoms with Crippen LogP contribution in [0.5, 0.6) is 0 Å². The van der Waals surface area contributed by atoms with Crippen LogP contribution >= 0.6 is 10.7 Å². The molecule has 0 aliphatic carbocycles. The van der Waals surface area contributed by atoms with E-state index < -0.39 is 9.05 Å². The third-order valence-corrected chi connectivity index (χ3v) is 4.44. The van der Waals surface area contributed by atoms with Gasteiger partial charge in [0.05, 0.1) is 17.9 Å². The first kappa shape index (κ1) is 16.0. The standard InChI is InChI=1S/C13H19ClN4O2S/c1-5-10-6-11(17(4)16-10)7-18-8-12(21(14,19)20)15-13(18)9(2)3/h6,8-9H,5,7H2,1-4H3. The van der Waals surface area contributed by atoms with Crippen molar-refractivity contribution in [3.8, 4) is 0 Å². The fourth-order valence-corrected chi connectivity index (χ4v) is 2.86. The molecule has 0 N–H and O–H groups in total. The van der Waals surface area contributed by atoms with Gasteiger partial charge in [-0.25, -0.2) is 13.4 Å². The molecule has 0 saturated heterocycles. The fourth-order valence-electron chi connectivity index (χ4n) is 2.18. The SMILES string of the molecule is CCc1cc(Cn2cc(S(=O)(=O)Cl)nc2C(C)C)n(C)n1. The number of rotatable bonds is 5. The predicted octanol–water partition coefficient (Wildman–Crippen LogP) is 2.28. The highest BCUT2D eigenvalue weighted by Gasteiger charge is 2.20. The molecule has 8 heteroatoms. The summed E-state index contributed by atoms with van der Waals surface area (Å²) in [5, 5.41) is 4.29. The second-order valence-corrected chi connectivity index (χ2v) is 7.77. The maximum atomic E-state index is 11.5. The third kappa shape index (κ3) is 3.47. The average Bonchev–Trinajstić information content (AvgIpc) is 2.94. The van der Waals surface area contributed by atoms with Crippen molar-refractivity contribution in [3.05, 3.63) is 29.5 Å². The Morgan fingerprint density at radius 1 is 1.38 bits per heavy atom. The molecular formula is C13H19ClN4O2S. The van der Waals surface area contributed by atoms with E-state index in [1.54, 1.807) is 4.68 Å². The summed E-state index contributed by atoms with van der Waals surface area (Å²) in [6, 6.07) is 2.01. The molecule has 0 atom stereocenters. The minimum absolute atomic E-state index is 0.0936. The molecule has 0 aliphatic heterocycles. The average molecular weight is 331 g/mol. The predicted molar refractivity (Wildman–Crippen MR) is 81.0 cm³/mol. The van der Waals surface area contributed by atoms with Gasteiger partial charge in [-0.05, 0) is 12.5 Å². The zero-order chi connectivity index (χ0) is 15.8. The van der Waals surface area contributed by atoms with Crippen LogP contribution in [0.25, 0.3) is 0 Å². The fraction of sp³-hybridized carbons (Fsp3) is 0.538. The van der Waals surface area contributed by atoms with Gasteiger partial charge < -0.3 is 4.57 Å². The second-order valence-electron chi connectivity index (χ2n) is 5.26. The van der Waals surface area contributed by atoms with Gasteiger partial charge in [0.25, 0.3) is 9.05 Å². The topological polar surface area (TPSA) is 69.8 Å². The van der Waals surface area contributed by atoms with Crippen LogP contribution in [0.15, 0.2) is 17.3 Å². The van der Waals surface area contributed by atoms with Gasteiger partial charge in [-0.1, -0.05) is 20.8 Å². The van der Waals surface area contributed by atoms with Crippen LogP contribution in [0.3, 0.4) is 0 Å². The Kier molecular flexibility index (Phi) is 4.43. The van der Waals surface area contributed by atoms with E-state index in [9.17, 15) is 8.42 Å². The van der Waals surface area contributed by atoms with Crippen LogP contribution < -0.4 is 0 Å². The van der Waals surface area contributed by atoms with Crippen molar-refractivity contribution in [3.63, 3.8) is 0 Å². The van der Waals surface area contributed by atoms with E-state index in [0.29, 0.717) is 12.4 Å². The molecule has 0 aliphatic rings. The van der Waals surface area contributed by atoms with Gasteiger partial charge in [0, 0.05) is 29.8 Å². The van der Waals surface area contributed by atoms with Gasteiger partial charge in [-0.2, -0.15) is 5.10 Å². The highest BCUT2D eigenvalue weighted by Crippen LogP contribution is 2.21. The van der Waals surface area contributed by atoms with E-state index in [-0.39, 0.29) is 10.9 Å². The summed E-state index contributed by atoms with van der Waals surface area (Å²) in [5.41, 5.74) is 1.99. The van der Waals surface area contributed by atoms with E-state index in [1.807, 2.05) is 38.5 Å². The Labute approximate surface area is 129 Å². The van der Waals surface area contributed by atoms with E-state index in [0.717, 1.165) is 17.8 Å². The third-order valence-electron chi connectivity index (χ3n) is 3.27. The number of hydrogen-bond acceptors (Lipinski definition) is 4. The minimum Gasteiger partial charge on any atom is -0.327 e. The smallest absolute Gasteiger partial charge is 0.280 e. The Morgan fingerprint density at radius 3 is 2.52 bits per heavy atom. The Bertz CT molecular complexity index is 746. The van der Waals surface area contributed by atoms with Gasteiger partial charge in [-0.3, -0.25) is 4.68 Å². The van der Waals surface area contributed by atoms with Gasteiger partial charge in [0.1, 0.15) is 5.82 Å². The van der Waals surface area contributed by atoms with E-state index in [2.05, 4.69) is 10.1 Å². The van der Waals surface area contributed by atoms with Crippen molar-refractivity contribution in [1.82, 2.24) is 19.3 Å². The van der Waals surface area contributed by atoms with Crippen molar-refractivity contribution in [2.24, 2.45) is 7.05 Å². The zero-order valence-corrected chi connectivity index (χ0v) is 14.1. The van der Waals surface area contributed by atoms with Gasteiger partial charge in [0.2, 0.25) is 0 Å². The van der Waals surface area contributed by atoms with Crippen molar-refractivity contribution in [2.75, 3.05) is 0 Å². The van der Waals surface area contributed by atoms with Crippen LogP contribution in [-0.2, 0) is 29.1 Å². The molecule has 116 valence electrons. The van der Waals surface area contributed by atoms with Crippen LogP contribution in [0.1, 0.15) is 43.9 Å². The van der Waals surface area contributed by atoms with Crippen LogP contribution in [0, 0.1) is 0 Å². The number of aromatic nitrogens is 4. The number of hydrogen-bond donors (Lipinski definition) is 0. The molecule has 0 fully saturated rings. The van der Waals surface area contributed by atoms with Crippen molar-refractivity contribution in [1.29, 1.82) is 0 Å². The molecular weight excluding hydrogens is 312 g/mol. The van der Waals surface area contributed by atoms with E-state index in [4.69, 9.17) is 10.7 Å². The number of nitrogens with zero attached hydrogens (tertiary/aromatic N) is 4. The molecule has 6 nitrogen and oxygen atoms in total. The monoisotopic (exact) mass is 330 g/mol. The number of halogens is 1. The van der Waals surface area contributed by atoms with Gasteiger partial charge >= 0.3 is 0 Å². The first-order chi connectivity index (χ1) is 9.72. The molecule has 0 radical (unpaired) electrons. The van der Waals surface area contributed by atoms with Gasteiger partial charge in [-0.15, -0.1) is 0 Å².